The molecular formula is C12H18N2O2. The summed E-state index contributed by atoms with van der Waals surface area (Å²) in [4.78, 5) is 14.9. The van der Waals surface area contributed by atoms with Crippen molar-refractivity contribution >= 4 is 5.97 Å². The molecule has 1 aromatic heterocycles. The highest BCUT2D eigenvalue weighted by atomic mass is 16.4. The zero-order chi connectivity index (χ0) is 12.0. The molecular weight excluding hydrogens is 204 g/mol. The molecule has 0 saturated carbocycles. The molecule has 0 saturated heterocycles. The molecule has 4 heteroatoms. The fourth-order valence-corrected chi connectivity index (χ4v) is 1.26. The number of aromatic nitrogens is 1. The number of rotatable bonds is 6. The maximum absolute atomic E-state index is 10.8. The molecule has 1 aromatic rings. The summed E-state index contributed by atoms with van der Waals surface area (Å²) in [5.41, 5.74) is 0.442. The zero-order valence-corrected chi connectivity index (χ0v) is 9.73. The quantitative estimate of drug-likeness (QED) is 0.713. The normalized spacial score (nSPS) is 11.4. The van der Waals surface area contributed by atoms with Crippen molar-refractivity contribution in [2.75, 3.05) is 13.1 Å². The molecule has 0 aliphatic carbocycles. The Bertz CT molecular complexity index is 336. The first-order valence-corrected chi connectivity index (χ1v) is 5.35. The average Bonchev–Trinajstić information content (AvgIpc) is 2.26. The number of carboxylic acids is 1. The maximum atomic E-state index is 10.8. The van der Waals surface area contributed by atoms with Gasteiger partial charge in [-0.25, -0.2) is 0 Å². The van der Waals surface area contributed by atoms with Crippen LogP contribution in [0.5, 0.6) is 0 Å². The van der Waals surface area contributed by atoms with Crippen molar-refractivity contribution in [1.82, 2.24) is 10.3 Å². The molecule has 0 aromatic carbocycles. The van der Waals surface area contributed by atoms with Gasteiger partial charge in [0, 0.05) is 18.9 Å². The molecule has 2 N–H and O–H groups in total. The minimum absolute atomic E-state index is 0.475. The highest BCUT2D eigenvalue weighted by Gasteiger charge is 2.26. The van der Waals surface area contributed by atoms with Crippen LogP contribution in [0.4, 0.5) is 0 Å². The number of carboxylic acid groups (broad SMARTS) is 1. The van der Waals surface area contributed by atoms with Gasteiger partial charge in [-0.15, -0.1) is 0 Å². The third-order valence-electron chi connectivity index (χ3n) is 2.46. The summed E-state index contributed by atoms with van der Waals surface area (Å²) in [6.45, 7) is 4.67. The minimum Gasteiger partial charge on any atom is -0.481 e. The van der Waals surface area contributed by atoms with Gasteiger partial charge in [0.25, 0.3) is 0 Å². The summed E-state index contributed by atoms with van der Waals surface area (Å²) in [7, 11) is 0. The lowest BCUT2D eigenvalue weighted by atomic mass is 9.94. The van der Waals surface area contributed by atoms with Gasteiger partial charge in [0.2, 0.25) is 0 Å². The van der Waals surface area contributed by atoms with Gasteiger partial charge in [-0.2, -0.15) is 0 Å². The summed E-state index contributed by atoms with van der Waals surface area (Å²) >= 11 is 0. The van der Waals surface area contributed by atoms with Crippen molar-refractivity contribution < 1.29 is 9.90 Å². The van der Waals surface area contributed by atoms with Crippen molar-refractivity contribution in [2.24, 2.45) is 5.41 Å². The van der Waals surface area contributed by atoms with Gasteiger partial charge in [-0.05, 0) is 38.4 Å². The molecule has 88 valence electrons. The van der Waals surface area contributed by atoms with E-state index in [0.717, 1.165) is 18.5 Å². The average molecular weight is 222 g/mol. The van der Waals surface area contributed by atoms with Gasteiger partial charge in [-0.3, -0.25) is 9.78 Å². The van der Waals surface area contributed by atoms with E-state index in [1.165, 1.54) is 0 Å². The van der Waals surface area contributed by atoms with E-state index in [4.69, 9.17) is 5.11 Å². The molecule has 0 aliphatic heterocycles. The Morgan fingerprint density at radius 1 is 1.56 bits per heavy atom. The highest BCUT2D eigenvalue weighted by Crippen LogP contribution is 2.12. The molecule has 4 nitrogen and oxygen atoms in total. The number of hydrogen-bond acceptors (Lipinski definition) is 3. The Morgan fingerprint density at radius 2 is 2.31 bits per heavy atom. The summed E-state index contributed by atoms with van der Waals surface area (Å²) in [5.74, 6) is -0.777. The number of aliphatic carboxylic acids is 1. The smallest absolute Gasteiger partial charge is 0.310 e. The molecule has 0 aliphatic rings. The Kier molecular flexibility index (Phi) is 4.43. The van der Waals surface area contributed by atoms with Crippen molar-refractivity contribution in [3.05, 3.63) is 30.1 Å². The number of hydrogen-bond donors (Lipinski definition) is 2. The van der Waals surface area contributed by atoms with Gasteiger partial charge >= 0.3 is 5.97 Å². The molecule has 0 unspecified atom stereocenters. The second-order valence-electron chi connectivity index (χ2n) is 4.48. The van der Waals surface area contributed by atoms with E-state index in [1.54, 1.807) is 20.0 Å². The fourth-order valence-electron chi connectivity index (χ4n) is 1.26. The summed E-state index contributed by atoms with van der Waals surface area (Å²) in [6.07, 6.45) is 4.43. The van der Waals surface area contributed by atoms with Crippen molar-refractivity contribution in [3.63, 3.8) is 0 Å². The lowest BCUT2D eigenvalue weighted by molar-refractivity contribution is -0.146. The second kappa shape index (κ2) is 5.61. The van der Waals surface area contributed by atoms with Crippen molar-refractivity contribution in [3.8, 4) is 0 Å². The van der Waals surface area contributed by atoms with Crippen LogP contribution in [0.3, 0.4) is 0 Å². The van der Waals surface area contributed by atoms with Crippen LogP contribution in [0.25, 0.3) is 0 Å². The molecule has 0 radical (unpaired) electrons. The highest BCUT2D eigenvalue weighted by molar-refractivity contribution is 5.73. The maximum Gasteiger partial charge on any atom is 0.310 e. The van der Waals surface area contributed by atoms with Crippen molar-refractivity contribution in [1.29, 1.82) is 0 Å². The van der Waals surface area contributed by atoms with Gasteiger partial charge in [0.15, 0.2) is 0 Å². The zero-order valence-electron chi connectivity index (χ0n) is 9.73. The third kappa shape index (κ3) is 3.98. The molecule has 16 heavy (non-hydrogen) atoms. The largest absolute Gasteiger partial charge is 0.481 e. The standard InChI is InChI=1S/C12H18N2O2/c1-12(2,11(15)16)9-14-7-5-10-4-3-6-13-8-10/h3-4,6,8,14H,5,7,9H2,1-2H3,(H,15,16). The van der Waals surface area contributed by atoms with E-state index < -0.39 is 11.4 Å². The Morgan fingerprint density at radius 3 is 2.88 bits per heavy atom. The van der Waals surface area contributed by atoms with E-state index >= 15 is 0 Å². The lowest BCUT2D eigenvalue weighted by Gasteiger charge is -2.19. The predicted octanol–water partition coefficient (Wildman–Crippen LogP) is 1.32. The number of nitrogens with zero attached hydrogens (tertiary/aromatic N) is 1. The van der Waals surface area contributed by atoms with Crippen LogP contribution in [-0.4, -0.2) is 29.1 Å². The molecule has 1 heterocycles. The van der Waals surface area contributed by atoms with E-state index in [2.05, 4.69) is 10.3 Å². The second-order valence-corrected chi connectivity index (χ2v) is 4.48. The van der Waals surface area contributed by atoms with Gasteiger partial charge in [0.05, 0.1) is 5.41 Å². The monoisotopic (exact) mass is 222 g/mol. The van der Waals surface area contributed by atoms with E-state index in [1.807, 2.05) is 18.3 Å². The molecule has 0 fully saturated rings. The third-order valence-corrected chi connectivity index (χ3v) is 2.46. The van der Waals surface area contributed by atoms with Crippen LogP contribution in [0.15, 0.2) is 24.5 Å². The SMILES string of the molecule is CC(C)(CNCCc1cccnc1)C(=O)O. The minimum atomic E-state index is -0.777. The Labute approximate surface area is 95.7 Å². The summed E-state index contributed by atoms with van der Waals surface area (Å²) < 4.78 is 0. The molecule has 0 atom stereocenters. The van der Waals surface area contributed by atoms with Gasteiger partial charge < -0.3 is 10.4 Å². The number of nitrogens with one attached hydrogen (secondary N) is 1. The lowest BCUT2D eigenvalue weighted by Crippen LogP contribution is -2.36. The number of pyridine rings is 1. The van der Waals surface area contributed by atoms with Gasteiger partial charge in [-0.1, -0.05) is 6.07 Å². The van der Waals surface area contributed by atoms with E-state index in [9.17, 15) is 4.79 Å². The van der Waals surface area contributed by atoms with E-state index in [0.29, 0.717) is 6.54 Å². The first-order valence-electron chi connectivity index (χ1n) is 5.35. The van der Waals surface area contributed by atoms with Gasteiger partial charge in [0.1, 0.15) is 0 Å². The summed E-state index contributed by atoms with van der Waals surface area (Å²) in [5, 5.41) is 12.1. The first kappa shape index (κ1) is 12.6. The van der Waals surface area contributed by atoms with Crippen LogP contribution in [-0.2, 0) is 11.2 Å². The topological polar surface area (TPSA) is 62.2 Å². The first-order chi connectivity index (χ1) is 7.52. The van der Waals surface area contributed by atoms with Crippen LogP contribution < -0.4 is 5.32 Å². The molecule has 0 amide bonds. The van der Waals surface area contributed by atoms with Crippen LogP contribution in [0.1, 0.15) is 19.4 Å². The number of carbonyl (C=O) groups is 1. The van der Waals surface area contributed by atoms with E-state index in [-0.39, 0.29) is 0 Å². The molecule has 1 rings (SSSR count). The van der Waals surface area contributed by atoms with Crippen molar-refractivity contribution in [2.45, 2.75) is 20.3 Å². The molecule has 0 bridgehead atoms. The fraction of sp³-hybridized carbons (Fsp3) is 0.500. The van der Waals surface area contributed by atoms with Crippen LogP contribution in [0, 0.1) is 5.41 Å². The molecule has 0 spiro atoms. The van der Waals surface area contributed by atoms with Crippen LogP contribution in [0.2, 0.25) is 0 Å². The summed E-state index contributed by atoms with van der Waals surface area (Å²) in [6, 6.07) is 3.91. The predicted molar refractivity (Wildman–Crippen MR) is 62.2 cm³/mol. The Balaban J connectivity index is 2.25. The Hall–Kier alpha value is -1.42. The van der Waals surface area contributed by atoms with Crippen LogP contribution >= 0.6 is 0 Å².